The summed E-state index contributed by atoms with van der Waals surface area (Å²) in [5.41, 5.74) is 9.95. The average molecular weight is 410 g/mol. The van der Waals surface area contributed by atoms with Crippen LogP contribution in [0.3, 0.4) is 0 Å². The number of carbonyl (C=O) groups is 1. The molecule has 3 heterocycles. The van der Waals surface area contributed by atoms with Crippen LogP contribution >= 0.6 is 11.3 Å². The van der Waals surface area contributed by atoms with Gasteiger partial charge < -0.3 is 10.8 Å². The van der Waals surface area contributed by atoms with E-state index in [-0.39, 0.29) is 23.1 Å². The van der Waals surface area contributed by atoms with Crippen molar-refractivity contribution in [2.75, 3.05) is 5.73 Å². The van der Waals surface area contributed by atoms with E-state index in [0.29, 0.717) is 11.4 Å². The average Bonchev–Trinajstić information content (AvgIpc) is 3.46. The maximum Gasteiger partial charge on any atom is 0.294 e. The third kappa shape index (κ3) is 3.55. The number of hydrogen-bond acceptors (Lipinski definition) is 10. The van der Waals surface area contributed by atoms with Gasteiger partial charge in [-0.15, -0.1) is 16.4 Å². The lowest BCUT2D eigenvalue weighted by Crippen LogP contribution is -2.20. The van der Waals surface area contributed by atoms with E-state index in [0.717, 1.165) is 10.4 Å². The summed E-state index contributed by atoms with van der Waals surface area (Å²) in [5, 5.41) is 30.5. The molecule has 4 aromatic rings. The van der Waals surface area contributed by atoms with Gasteiger partial charge in [0.05, 0.1) is 10.6 Å². The molecule has 11 nitrogen and oxygen atoms in total. The van der Waals surface area contributed by atoms with Crippen molar-refractivity contribution < 1.29 is 14.5 Å². The van der Waals surface area contributed by atoms with E-state index in [1.165, 1.54) is 28.2 Å². The zero-order valence-electron chi connectivity index (χ0n) is 15.0. The number of phenolic OH excluding ortho intramolecular Hbond substituents is 1. The summed E-state index contributed by atoms with van der Waals surface area (Å²) in [6.07, 6.45) is 0. The number of aromatic hydroxyl groups is 1. The molecule has 0 bridgehead atoms. The first-order valence-corrected chi connectivity index (χ1v) is 9.14. The Balaban J connectivity index is 1.67. The molecule has 12 heteroatoms. The Kier molecular flexibility index (Phi) is 4.75. The van der Waals surface area contributed by atoms with Crippen LogP contribution in [0.5, 0.6) is 5.75 Å². The normalized spacial score (nSPS) is 11.6. The van der Waals surface area contributed by atoms with Crippen molar-refractivity contribution in [3.8, 4) is 22.1 Å². The van der Waals surface area contributed by atoms with Crippen molar-refractivity contribution in [2.24, 2.45) is 5.10 Å². The van der Waals surface area contributed by atoms with Crippen LogP contribution in [0.2, 0.25) is 0 Å². The van der Waals surface area contributed by atoms with Gasteiger partial charge in [0.1, 0.15) is 11.4 Å². The highest BCUT2D eigenvalue weighted by Crippen LogP contribution is 2.29. The van der Waals surface area contributed by atoms with Crippen LogP contribution in [0.15, 0.2) is 51.5 Å². The number of amides is 1. The molecule has 1 amide bonds. The molecule has 0 fully saturated rings. The van der Waals surface area contributed by atoms with Crippen molar-refractivity contribution in [1.82, 2.24) is 30.7 Å². The smallest absolute Gasteiger partial charge is 0.294 e. The summed E-state index contributed by atoms with van der Waals surface area (Å²) in [4.78, 5) is 13.5. The summed E-state index contributed by atoms with van der Waals surface area (Å²) < 4.78 is 5.92. The van der Waals surface area contributed by atoms with E-state index in [1.807, 2.05) is 17.5 Å². The van der Waals surface area contributed by atoms with Crippen LogP contribution in [0.25, 0.3) is 16.4 Å². The first kappa shape index (κ1) is 18.3. The Bertz CT molecular complexity index is 1180. The van der Waals surface area contributed by atoms with Gasteiger partial charge >= 0.3 is 0 Å². The Morgan fingerprint density at radius 1 is 1.28 bits per heavy atom. The number of carbonyl (C=O) groups excluding carboxylic acids is 1. The molecule has 0 atom stereocenters. The lowest BCUT2D eigenvalue weighted by Gasteiger charge is -2.04. The largest absolute Gasteiger partial charge is 0.508 e. The summed E-state index contributed by atoms with van der Waals surface area (Å²) in [6.45, 7) is 1.73. The first-order chi connectivity index (χ1) is 14.0. The highest BCUT2D eigenvalue weighted by molar-refractivity contribution is 7.13. The number of rotatable bonds is 5. The van der Waals surface area contributed by atoms with E-state index in [1.54, 1.807) is 19.1 Å². The molecule has 1 aromatic carbocycles. The van der Waals surface area contributed by atoms with Gasteiger partial charge in [-0.2, -0.15) is 9.78 Å². The maximum atomic E-state index is 12.8. The maximum absolute atomic E-state index is 12.8. The Morgan fingerprint density at radius 3 is 2.72 bits per heavy atom. The first-order valence-electron chi connectivity index (χ1n) is 8.26. The van der Waals surface area contributed by atoms with Crippen LogP contribution < -0.4 is 11.2 Å². The highest BCUT2D eigenvalue weighted by atomic mass is 32.1. The van der Waals surface area contributed by atoms with Gasteiger partial charge in [-0.25, -0.2) is 10.1 Å². The Morgan fingerprint density at radius 2 is 2.07 bits per heavy atom. The molecule has 146 valence electrons. The Hall–Kier alpha value is -4.06. The van der Waals surface area contributed by atoms with E-state index in [4.69, 9.17) is 5.73 Å². The summed E-state index contributed by atoms with van der Waals surface area (Å²) in [6, 6.07) is 10.1. The number of nitrogens with two attached hydrogens (primary N) is 1. The number of hydrogen-bond donors (Lipinski definition) is 3. The Labute approximate surface area is 167 Å². The van der Waals surface area contributed by atoms with Crippen LogP contribution in [0.1, 0.15) is 23.0 Å². The molecule has 0 unspecified atom stereocenters. The van der Waals surface area contributed by atoms with Crippen LogP contribution in [0.4, 0.5) is 5.82 Å². The fraction of sp³-hybridized carbons (Fsp3) is 0.0588. The van der Waals surface area contributed by atoms with Crippen LogP contribution in [0, 0.1) is 0 Å². The van der Waals surface area contributed by atoms with E-state index < -0.39 is 5.91 Å². The SMILES string of the molecule is CC(=NNC(=O)c1nnn(-c2nonc2N)c1-c1cccs1)c1ccc(O)cc1. The molecular formula is C17H14N8O3S. The summed E-state index contributed by atoms with van der Waals surface area (Å²) in [5.74, 6) is -0.276. The zero-order chi connectivity index (χ0) is 20.4. The molecule has 4 rings (SSSR count). The standard InChI is InChI=1S/C17H14N8O3S/c1-9(10-4-6-11(26)7-5-10)19-21-17(27)13-14(12-3-2-8-29-12)25(24-20-13)16-15(18)22-28-23-16/h2-8,26H,1H3,(H2,18,22)(H,21,27). The number of thiophene rings is 1. The number of nitrogen functional groups attached to an aromatic ring is 1. The van der Waals surface area contributed by atoms with Gasteiger partial charge in [0.25, 0.3) is 5.91 Å². The minimum absolute atomic E-state index is 0.0147. The number of hydrazone groups is 1. The van der Waals surface area contributed by atoms with Crippen molar-refractivity contribution in [1.29, 1.82) is 0 Å². The second-order valence-electron chi connectivity index (χ2n) is 5.83. The lowest BCUT2D eigenvalue weighted by atomic mass is 10.1. The predicted molar refractivity (Wildman–Crippen MR) is 105 cm³/mol. The quantitative estimate of drug-likeness (QED) is 0.332. The van der Waals surface area contributed by atoms with Crippen molar-refractivity contribution in [3.05, 3.63) is 53.0 Å². The monoisotopic (exact) mass is 410 g/mol. The fourth-order valence-electron chi connectivity index (χ4n) is 2.51. The molecular weight excluding hydrogens is 396 g/mol. The molecule has 0 spiro atoms. The van der Waals surface area contributed by atoms with Crippen LogP contribution in [-0.2, 0) is 0 Å². The van der Waals surface area contributed by atoms with Gasteiger partial charge in [0.15, 0.2) is 5.69 Å². The lowest BCUT2D eigenvalue weighted by molar-refractivity contribution is 0.0950. The minimum Gasteiger partial charge on any atom is -0.508 e. The third-order valence-electron chi connectivity index (χ3n) is 3.95. The number of nitrogens with one attached hydrogen (secondary N) is 1. The second-order valence-corrected chi connectivity index (χ2v) is 6.78. The van der Waals surface area contributed by atoms with Crippen molar-refractivity contribution >= 4 is 28.8 Å². The predicted octanol–water partition coefficient (Wildman–Crippen LogP) is 1.82. The molecule has 3 aromatic heterocycles. The molecule has 0 aliphatic heterocycles. The van der Waals surface area contributed by atoms with Gasteiger partial charge in [-0.05, 0) is 58.5 Å². The number of phenols is 1. The molecule has 0 radical (unpaired) electrons. The fourth-order valence-corrected chi connectivity index (χ4v) is 3.27. The number of benzene rings is 1. The second kappa shape index (κ2) is 7.52. The van der Waals surface area contributed by atoms with Crippen LogP contribution in [-0.4, -0.2) is 42.0 Å². The van der Waals surface area contributed by atoms with E-state index >= 15 is 0 Å². The van der Waals surface area contributed by atoms with Gasteiger partial charge in [-0.3, -0.25) is 4.79 Å². The molecule has 4 N–H and O–H groups in total. The topological polar surface area (TPSA) is 157 Å². The number of aromatic nitrogens is 5. The number of nitrogens with zero attached hydrogens (tertiary/aromatic N) is 6. The van der Waals surface area contributed by atoms with Gasteiger partial charge in [-0.1, -0.05) is 11.3 Å². The number of anilines is 1. The zero-order valence-corrected chi connectivity index (χ0v) is 15.8. The molecule has 0 aliphatic carbocycles. The van der Waals surface area contributed by atoms with E-state index in [9.17, 15) is 9.90 Å². The van der Waals surface area contributed by atoms with Crippen molar-refractivity contribution in [3.63, 3.8) is 0 Å². The molecule has 0 saturated carbocycles. The molecule has 0 aliphatic rings. The highest BCUT2D eigenvalue weighted by Gasteiger charge is 2.25. The minimum atomic E-state index is -0.562. The summed E-state index contributed by atoms with van der Waals surface area (Å²) >= 11 is 1.39. The van der Waals surface area contributed by atoms with Gasteiger partial charge in [0.2, 0.25) is 11.6 Å². The summed E-state index contributed by atoms with van der Waals surface area (Å²) in [7, 11) is 0. The van der Waals surface area contributed by atoms with E-state index in [2.05, 4.69) is 35.8 Å². The van der Waals surface area contributed by atoms with Gasteiger partial charge in [0, 0.05) is 0 Å². The third-order valence-corrected chi connectivity index (χ3v) is 4.82. The van der Waals surface area contributed by atoms with Crippen molar-refractivity contribution in [2.45, 2.75) is 6.92 Å². The molecule has 29 heavy (non-hydrogen) atoms. The molecule has 0 saturated heterocycles.